The Morgan fingerprint density at radius 1 is 1.23 bits per heavy atom. The third-order valence-corrected chi connectivity index (χ3v) is 4.14. The number of ether oxygens (including phenoxy) is 1. The van der Waals surface area contributed by atoms with Gasteiger partial charge in [-0.1, -0.05) is 0 Å². The van der Waals surface area contributed by atoms with Gasteiger partial charge in [-0.25, -0.2) is 27.5 Å². The van der Waals surface area contributed by atoms with Crippen LogP contribution >= 0.6 is 0 Å². The number of amides is 1. The van der Waals surface area contributed by atoms with Gasteiger partial charge in [0.2, 0.25) is 0 Å². The zero-order chi connectivity index (χ0) is 21.3. The fourth-order valence-corrected chi connectivity index (χ4v) is 2.87. The summed E-state index contributed by atoms with van der Waals surface area (Å²) in [5.41, 5.74) is 0.257. The van der Waals surface area contributed by atoms with Crippen molar-refractivity contribution in [1.82, 2.24) is 19.9 Å². The average Bonchev–Trinajstić information content (AvgIpc) is 3.33. The fraction of sp³-hybridized carbons (Fsp3) is 0.158. The van der Waals surface area contributed by atoms with E-state index >= 15 is 0 Å². The molecule has 8 nitrogen and oxygen atoms in total. The molecular weight excluding hydrogens is 405 g/mol. The first-order valence-corrected chi connectivity index (χ1v) is 8.66. The predicted octanol–water partition coefficient (Wildman–Crippen LogP) is 2.97. The van der Waals surface area contributed by atoms with Crippen LogP contribution in [0.15, 0.2) is 47.3 Å². The number of rotatable bonds is 6. The molecule has 0 atom stereocenters. The Hall–Kier alpha value is -3.89. The molecule has 0 aliphatic heterocycles. The molecule has 1 aromatic carbocycles. The number of hydrogen-bond acceptors (Lipinski definition) is 6. The number of esters is 1. The van der Waals surface area contributed by atoms with Crippen molar-refractivity contribution in [2.45, 2.75) is 13.0 Å². The molecule has 0 radical (unpaired) electrons. The maximum atomic E-state index is 13.8. The smallest absolute Gasteiger partial charge is 0.342 e. The Kier molecular flexibility index (Phi) is 5.09. The molecule has 1 amide bonds. The van der Waals surface area contributed by atoms with Crippen LogP contribution in [0.3, 0.4) is 0 Å². The summed E-state index contributed by atoms with van der Waals surface area (Å²) in [4.78, 5) is 28.5. The standard InChI is InChI=1S/C19H13F3N4O4/c20-11-4-10-5-12(30-16(10)13(6-11)19(28)29-9-15(21)22)7-24-18(27)14-8-25-26-3-1-2-23-17(14)26/h1-6,8,15H,7,9H2,(H,24,27). The van der Waals surface area contributed by atoms with Crippen molar-refractivity contribution in [3.05, 3.63) is 65.6 Å². The van der Waals surface area contributed by atoms with Gasteiger partial charge in [0.05, 0.1) is 12.7 Å². The van der Waals surface area contributed by atoms with E-state index in [1.165, 1.54) is 23.0 Å². The molecule has 11 heteroatoms. The second-order valence-electron chi connectivity index (χ2n) is 6.20. The van der Waals surface area contributed by atoms with E-state index in [4.69, 9.17) is 4.42 Å². The highest BCUT2D eigenvalue weighted by Crippen LogP contribution is 2.26. The highest BCUT2D eigenvalue weighted by molar-refractivity contribution is 6.02. The monoisotopic (exact) mass is 418 g/mol. The van der Waals surface area contributed by atoms with Crippen molar-refractivity contribution in [2.75, 3.05) is 6.61 Å². The first-order chi connectivity index (χ1) is 14.4. The summed E-state index contributed by atoms with van der Waals surface area (Å²) in [5.74, 6) is -2.15. The predicted molar refractivity (Wildman–Crippen MR) is 96.6 cm³/mol. The molecule has 3 aromatic heterocycles. The normalized spacial score (nSPS) is 11.3. The van der Waals surface area contributed by atoms with E-state index in [9.17, 15) is 22.8 Å². The molecule has 3 heterocycles. The second kappa shape index (κ2) is 7.85. The van der Waals surface area contributed by atoms with Crippen LogP contribution in [0.2, 0.25) is 0 Å². The quantitative estimate of drug-likeness (QED) is 0.484. The molecular formula is C19H13F3N4O4. The van der Waals surface area contributed by atoms with Crippen molar-refractivity contribution in [1.29, 1.82) is 0 Å². The number of benzene rings is 1. The average molecular weight is 418 g/mol. The third kappa shape index (κ3) is 3.81. The van der Waals surface area contributed by atoms with Crippen LogP contribution in [0.4, 0.5) is 13.2 Å². The lowest BCUT2D eigenvalue weighted by Crippen LogP contribution is -2.22. The lowest BCUT2D eigenvalue weighted by molar-refractivity contribution is 0.0160. The van der Waals surface area contributed by atoms with Crippen molar-refractivity contribution in [2.24, 2.45) is 0 Å². The zero-order valence-electron chi connectivity index (χ0n) is 15.1. The summed E-state index contributed by atoms with van der Waals surface area (Å²) >= 11 is 0. The second-order valence-corrected chi connectivity index (χ2v) is 6.20. The third-order valence-electron chi connectivity index (χ3n) is 4.14. The summed E-state index contributed by atoms with van der Waals surface area (Å²) in [7, 11) is 0. The van der Waals surface area contributed by atoms with Gasteiger partial charge in [-0.15, -0.1) is 0 Å². The lowest BCUT2D eigenvalue weighted by atomic mass is 10.1. The SMILES string of the molecule is O=C(OCC(F)F)c1cc(F)cc2cc(CNC(=O)c3cnn4cccnc34)oc12. The molecule has 1 N–H and O–H groups in total. The van der Waals surface area contributed by atoms with Crippen LogP contribution in [0.5, 0.6) is 0 Å². The minimum atomic E-state index is -2.85. The van der Waals surface area contributed by atoms with Crippen LogP contribution in [0, 0.1) is 5.82 Å². The molecule has 0 saturated heterocycles. The van der Waals surface area contributed by atoms with Crippen LogP contribution in [-0.4, -0.2) is 39.5 Å². The summed E-state index contributed by atoms with van der Waals surface area (Å²) < 4.78 is 49.8. The molecule has 154 valence electrons. The van der Waals surface area contributed by atoms with Crippen molar-refractivity contribution in [3.63, 3.8) is 0 Å². The first kappa shape index (κ1) is 19.4. The zero-order valence-corrected chi connectivity index (χ0v) is 15.1. The van der Waals surface area contributed by atoms with Crippen molar-refractivity contribution < 1.29 is 31.9 Å². The Bertz CT molecular complexity index is 1250. The van der Waals surface area contributed by atoms with Crippen LogP contribution < -0.4 is 5.32 Å². The van der Waals surface area contributed by atoms with E-state index in [1.54, 1.807) is 12.3 Å². The number of furan rings is 1. The topological polar surface area (TPSA) is 98.7 Å². The summed E-state index contributed by atoms with van der Waals surface area (Å²) in [5, 5.41) is 6.87. The van der Waals surface area contributed by atoms with Gasteiger partial charge in [0.15, 0.2) is 12.3 Å². The molecule has 0 saturated carbocycles. The van der Waals surface area contributed by atoms with Gasteiger partial charge in [0.1, 0.15) is 28.3 Å². The Labute approximate surface area is 166 Å². The molecule has 0 aliphatic carbocycles. The Balaban J connectivity index is 1.54. The van der Waals surface area contributed by atoms with E-state index in [1.807, 2.05) is 0 Å². The number of aromatic nitrogens is 3. The molecule has 0 unspecified atom stereocenters. The van der Waals surface area contributed by atoms with E-state index in [0.717, 1.165) is 12.1 Å². The minimum Gasteiger partial charge on any atom is -0.458 e. The number of alkyl halides is 2. The number of fused-ring (bicyclic) bond motifs is 2. The van der Waals surface area contributed by atoms with E-state index in [2.05, 4.69) is 20.1 Å². The summed E-state index contributed by atoms with van der Waals surface area (Å²) in [6, 6.07) is 5.05. The Morgan fingerprint density at radius 3 is 2.87 bits per heavy atom. The minimum absolute atomic E-state index is 0.0300. The van der Waals surface area contributed by atoms with Gasteiger partial charge in [0, 0.05) is 17.8 Å². The van der Waals surface area contributed by atoms with E-state index in [-0.39, 0.29) is 34.4 Å². The maximum absolute atomic E-state index is 13.8. The number of nitrogens with one attached hydrogen (secondary N) is 1. The van der Waals surface area contributed by atoms with Crippen LogP contribution in [0.25, 0.3) is 16.6 Å². The number of nitrogens with zero attached hydrogens (tertiary/aromatic N) is 3. The first-order valence-electron chi connectivity index (χ1n) is 8.66. The highest BCUT2D eigenvalue weighted by Gasteiger charge is 2.20. The number of halogens is 3. The van der Waals surface area contributed by atoms with Crippen LogP contribution in [-0.2, 0) is 11.3 Å². The molecule has 0 spiro atoms. The number of carbonyl (C=O) groups excluding carboxylic acids is 2. The lowest BCUT2D eigenvalue weighted by Gasteiger charge is -2.05. The Morgan fingerprint density at radius 2 is 2.07 bits per heavy atom. The van der Waals surface area contributed by atoms with Gasteiger partial charge < -0.3 is 14.5 Å². The number of hydrogen-bond donors (Lipinski definition) is 1. The van der Waals surface area contributed by atoms with Crippen molar-refractivity contribution in [3.8, 4) is 0 Å². The molecule has 0 aliphatic rings. The molecule has 0 bridgehead atoms. The molecule has 30 heavy (non-hydrogen) atoms. The highest BCUT2D eigenvalue weighted by atomic mass is 19.3. The van der Waals surface area contributed by atoms with Gasteiger partial charge in [0.25, 0.3) is 12.3 Å². The van der Waals surface area contributed by atoms with Gasteiger partial charge in [-0.3, -0.25) is 4.79 Å². The largest absolute Gasteiger partial charge is 0.458 e. The van der Waals surface area contributed by atoms with E-state index in [0.29, 0.717) is 5.65 Å². The van der Waals surface area contributed by atoms with Gasteiger partial charge in [-0.05, 0) is 24.3 Å². The van der Waals surface area contributed by atoms with E-state index < -0.39 is 30.7 Å². The molecule has 4 aromatic rings. The van der Waals surface area contributed by atoms with Gasteiger partial charge in [-0.2, -0.15) is 5.10 Å². The summed E-state index contributed by atoms with van der Waals surface area (Å²) in [6.07, 6.45) is 1.68. The van der Waals surface area contributed by atoms with Crippen molar-refractivity contribution >= 4 is 28.5 Å². The molecule has 4 rings (SSSR count). The fourth-order valence-electron chi connectivity index (χ4n) is 2.87. The van der Waals surface area contributed by atoms with Crippen LogP contribution in [0.1, 0.15) is 26.5 Å². The maximum Gasteiger partial charge on any atom is 0.342 e. The number of carbonyl (C=O) groups is 2. The molecule has 0 fully saturated rings. The van der Waals surface area contributed by atoms with Gasteiger partial charge >= 0.3 is 5.97 Å². The summed E-state index contributed by atoms with van der Waals surface area (Å²) in [6.45, 7) is -1.20.